The predicted octanol–water partition coefficient (Wildman–Crippen LogP) is 6.80. The van der Waals surface area contributed by atoms with Crippen LogP contribution in [0.25, 0.3) is 6.08 Å². The fourth-order valence-corrected chi connectivity index (χ4v) is 3.93. The predicted molar refractivity (Wildman–Crippen MR) is 137 cm³/mol. The van der Waals surface area contributed by atoms with Gasteiger partial charge in [0.25, 0.3) is 11.6 Å². The van der Waals surface area contributed by atoms with Gasteiger partial charge in [0.2, 0.25) is 0 Å². The summed E-state index contributed by atoms with van der Waals surface area (Å²) >= 11 is 15.4. The highest BCUT2D eigenvalue weighted by Gasteiger charge is 2.19. The molecule has 11 heteroatoms. The van der Waals surface area contributed by atoms with Gasteiger partial charge in [-0.05, 0) is 57.9 Å². The number of rotatable bonds is 8. The van der Waals surface area contributed by atoms with Crippen molar-refractivity contribution in [3.05, 3.63) is 95.9 Å². The molecule has 0 aromatic heterocycles. The Morgan fingerprint density at radius 3 is 2.63 bits per heavy atom. The summed E-state index contributed by atoms with van der Waals surface area (Å²) in [6, 6.07) is 16.1. The van der Waals surface area contributed by atoms with Gasteiger partial charge in [-0.25, -0.2) is 0 Å². The van der Waals surface area contributed by atoms with Crippen molar-refractivity contribution in [3.8, 4) is 17.6 Å². The second-order valence-corrected chi connectivity index (χ2v) is 8.65. The third-order valence-corrected chi connectivity index (χ3v) is 5.86. The number of ether oxygens (including phenoxy) is 2. The van der Waals surface area contributed by atoms with Gasteiger partial charge >= 0.3 is 0 Å². The highest BCUT2D eigenvalue weighted by atomic mass is 79.9. The lowest BCUT2D eigenvalue weighted by molar-refractivity contribution is -0.383. The van der Waals surface area contributed by atoms with E-state index in [1.54, 1.807) is 24.3 Å². The molecule has 0 heterocycles. The molecule has 0 saturated carbocycles. The highest BCUT2D eigenvalue weighted by Crippen LogP contribution is 2.38. The zero-order valence-corrected chi connectivity index (χ0v) is 21.1. The first-order chi connectivity index (χ1) is 16.7. The molecule has 0 aliphatic heterocycles. The molecule has 8 nitrogen and oxygen atoms in total. The standard InChI is InChI=1S/C24H16BrCl2N3O5/c1-34-22-10-14(9-18(25)23(22)35-13-15-4-2-3-5-19(15)27)8-16(12-28)24(31)29-20-7-6-17(26)11-21(20)30(32)33/h2-11H,13H2,1H3,(H,29,31)/b16-8+. The van der Waals surface area contributed by atoms with E-state index in [-0.39, 0.29) is 22.9 Å². The Labute approximate surface area is 219 Å². The van der Waals surface area contributed by atoms with E-state index in [0.717, 1.165) is 11.6 Å². The molecule has 1 amide bonds. The maximum absolute atomic E-state index is 12.7. The van der Waals surface area contributed by atoms with E-state index in [2.05, 4.69) is 21.2 Å². The quantitative estimate of drug-likeness (QED) is 0.136. The number of amides is 1. The zero-order chi connectivity index (χ0) is 25.5. The zero-order valence-electron chi connectivity index (χ0n) is 18.1. The molecule has 0 aliphatic carbocycles. The van der Waals surface area contributed by atoms with Gasteiger partial charge in [0.15, 0.2) is 11.5 Å². The number of halogens is 3. The summed E-state index contributed by atoms with van der Waals surface area (Å²) in [5.41, 5.74) is 0.469. The van der Waals surface area contributed by atoms with Crippen LogP contribution in [0.5, 0.6) is 11.5 Å². The molecule has 0 saturated heterocycles. The van der Waals surface area contributed by atoms with Crippen molar-refractivity contribution in [1.82, 2.24) is 0 Å². The SMILES string of the molecule is COc1cc(/C=C(\C#N)C(=O)Nc2ccc(Cl)cc2[N+](=O)[O-])cc(Br)c1OCc1ccccc1Cl. The Bertz CT molecular complexity index is 1370. The number of nitriles is 1. The summed E-state index contributed by atoms with van der Waals surface area (Å²) in [6.45, 7) is 0.190. The first-order valence-corrected chi connectivity index (χ1v) is 11.4. The molecule has 3 aromatic carbocycles. The molecule has 178 valence electrons. The van der Waals surface area contributed by atoms with Crippen LogP contribution in [-0.2, 0) is 11.4 Å². The van der Waals surface area contributed by atoms with Crippen molar-refractivity contribution in [3.63, 3.8) is 0 Å². The van der Waals surface area contributed by atoms with Crippen molar-refractivity contribution in [2.24, 2.45) is 0 Å². The van der Waals surface area contributed by atoms with Crippen LogP contribution in [0.2, 0.25) is 10.0 Å². The Balaban J connectivity index is 1.86. The lowest BCUT2D eigenvalue weighted by Gasteiger charge is -2.14. The maximum Gasteiger partial charge on any atom is 0.294 e. The number of carbonyl (C=O) groups excluding carboxylic acids is 1. The van der Waals surface area contributed by atoms with E-state index >= 15 is 0 Å². The van der Waals surface area contributed by atoms with Crippen molar-refractivity contribution < 1.29 is 19.2 Å². The number of hydrogen-bond donors (Lipinski definition) is 1. The van der Waals surface area contributed by atoms with E-state index in [9.17, 15) is 20.2 Å². The summed E-state index contributed by atoms with van der Waals surface area (Å²) in [5.74, 6) is -0.0694. The van der Waals surface area contributed by atoms with Crippen LogP contribution in [0, 0.1) is 21.4 Å². The van der Waals surface area contributed by atoms with Crippen molar-refractivity contribution in [1.29, 1.82) is 5.26 Å². The molecule has 0 aliphatic rings. The monoisotopic (exact) mass is 575 g/mol. The van der Waals surface area contributed by atoms with Crippen LogP contribution in [0.3, 0.4) is 0 Å². The summed E-state index contributed by atoms with van der Waals surface area (Å²) in [7, 11) is 1.45. The van der Waals surface area contributed by atoms with E-state index in [1.807, 2.05) is 18.2 Å². The van der Waals surface area contributed by atoms with Gasteiger partial charge in [0.1, 0.15) is 23.9 Å². The summed E-state index contributed by atoms with van der Waals surface area (Å²) in [6.07, 6.45) is 1.32. The minimum absolute atomic E-state index is 0.0902. The van der Waals surface area contributed by atoms with Crippen LogP contribution < -0.4 is 14.8 Å². The van der Waals surface area contributed by atoms with Crippen LogP contribution >= 0.6 is 39.1 Å². The lowest BCUT2D eigenvalue weighted by atomic mass is 10.1. The first kappa shape index (κ1) is 26.0. The van der Waals surface area contributed by atoms with Gasteiger partial charge in [0.05, 0.1) is 16.5 Å². The third-order valence-electron chi connectivity index (χ3n) is 4.66. The van der Waals surface area contributed by atoms with Gasteiger partial charge in [-0.15, -0.1) is 0 Å². The van der Waals surface area contributed by atoms with Gasteiger partial charge in [-0.3, -0.25) is 14.9 Å². The molecule has 0 radical (unpaired) electrons. The second kappa shape index (κ2) is 11.7. The van der Waals surface area contributed by atoms with E-state index in [1.165, 1.54) is 25.3 Å². The molecule has 0 spiro atoms. The maximum atomic E-state index is 12.7. The number of methoxy groups -OCH3 is 1. The molecule has 1 N–H and O–H groups in total. The second-order valence-electron chi connectivity index (χ2n) is 6.96. The molecule has 0 unspecified atom stereocenters. The largest absolute Gasteiger partial charge is 0.493 e. The molecule has 3 aromatic rings. The van der Waals surface area contributed by atoms with Crippen LogP contribution in [-0.4, -0.2) is 17.9 Å². The average molecular weight is 577 g/mol. The number of nitro benzene ring substituents is 1. The Morgan fingerprint density at radius 1 is 1.23 bits per heavy atom. The van der Waals surface area contributed by atoms with E-state index in [4.69, 9.17) is 32.7 Å². The van der Waals surface area contributed by atoms with Crippen molar-refractivity contribution in [2.45, 2.75) is 6.61 Å². The topological polar surface area (TPSA) is 114 Å². The number of nitrogens with one attached hydrogen (secondary N) is 1. The summed E-state index contributed by atoms with van der Waals surface area (Å²) < 4.78 is 11.8. The summed E-state index contributed by atoms with van der Waals surface area (Å²) in [4.78, 5) is 23.3. The highest BCUT2D eigenvalue weighted by molar-refractivity contribution is 9.10. The number of hydrogen-bond acceptors (Lipinski definition) is 6. The number of nitro groups is 1. The minimum Gasteiger partial charge on any atom is -0.493 e. The van der Waals surface area contributed by atoms with Gasteiger partial charge in [-0.2, -0.15) is 5.26 Å². The number of benzene rings is 3. The van der Waals surface area contributed by atoms with Crippen molar-refractivity contribution >= 4 is 62.5 Å². The number of nitrogens with zero attached hydrogens (tertiary/aromatic N) is 2. The van der Waals surface area contributed by atoms with Gasteiger partial charge in [-0.1, -0.05) is 41.4 Å². The summed E-state index contributed by atoms with van der Waals surface area (Å²) in [5, 5.41) is 23.9. The smallest absolute Gasteiger partial charge is 0.294 e. The third kappa shape index (κ3) is 6.51. The molecule has 0 fully saturated rings. The fraction of sp³-hybridized carbons (Fsp3) is 0.0833. The average Bonchev–Trinajstić information content (AvgIpc) is 2.83. The Kier molecular flexibility index (Phi) is 8.71. The molecule has 0 atom stereocenters. The van der Waals surface area contributed by atoms with Crippen LogP contribution in [0.1, 0.15) is 11.1 Å². The Hall–Kier alpha value is -3.58. The van der Waals surface area contributed by atoms with Gasteiger partial charge < -0.3 is 14.8 Å². The normalized spacial score (nSPS) is 10.9. The lowest BCUT2D eigenvalue weighted by Crippen LogP contribution is -2.14. The first-order valence-electron chi connectivity index (χ1n) is 9.84. The number of anilines is 1. The Morgan fingerprint density at radius 2 is 1.97 bits per heavy atom. The molecular formula is C24H16BrCl2N3O5. The molecule has 35 heavy (non-hydrogen) atoms. The van der Waals surface area contributed by atoms with Crippen LogP contribution in [0.15, 0.2) is 64.6 Å². The van der Waals surface area contributed by atoms with E-state index < -0.39 is 16.5 Å². The molecule has 3 rings (SSSR count). The minimum atomic E-state index is -0.827. The number of carbonyl (C=O) groups is 1. The molecular weight excluding hydrogens is 561 g/mol. The van der Waals surface area contributed by atoms with E-state index in [0.29, 0.717) is 26.6 Å². The fourth-order valence-electron chi connectivity index (χ4n) is 3.00. The van der Waals surface area contributed by atoms with Crippen molar-refractivity contribution in [2.75, 3.05) is 12.4 Å². The van der Waals surface area contributed by atoms with Crippen LogP contribution in [0.4, 0.5) is 11.4 Å². The van der Waals surface area contributed by atoms with Gasteiger partial charge in [0, 0.05) is 21.7 Å². The molecule has 0 bridgehead atoms.